The van der Waals surface area contributed by atoms with Crippen molar-refractivity contribution in [1.82, 2.24) is 8.65 Å². The monoisotopic (exact) mass is 488 g/mol. The molecule has 0 aliphatic carbocycles. The maximum atomic E-state index is 11.5. The molecular formula is C12H14I2N2O3. The van der Waals surface area contributed by atoms with Crippen LogP contribution < -0.4 is 5.43 Å². The quantitative estimate of drug-likeness (QED) is 0.155. The minimum Gasteiger partial charge on any atom is -0.508 e. The lowest BCUT2D eigenvalue weighted by Gasteiger charge is -2.21. The molecule has 5 nitrogen and oxygen atoms in total. The molecule has 2 N–H and O–H groups in total. The fraction of sp³-hybridized carbons (Fsp3) is 0.333. The number of benzene rings is 1. The highest BCUT2D eigenvalue weighted by Gasteiger charge is 2.15. The first kappa shape index (κ1) is 16.6. The Morgan fingerprint density at radius 2 is 2.05 bits per heavy atom. The third-order valence-corrected chi connectivity index (χ3v) is 5.28. The Morgan fingerprint density at radius 3 is 2.63 bits per heavy atom. The summed E-state index contributed by atoms with van der Waals surface area (Å²) in [6.07, 6.45) is 1.90. The molecule has 19 heavy (non-hydrogen) atoms. The molecule has 0 fully saturated rings. The van der Waals surface area contributed by atoms with Crippen LogP contribution in [0, 0.1) is 0 Å². The minimum atomic E-state index is -0.172. The van der Waals surface area contributed by atoms with Crippen LogP contribution in [-0.2, 0) is 16.0 Å². The van der Waals surface area contributed by atoms with Gasteiger partial charge in [0.15, 0.2) is 0 Å². The molecule has 0 aliphatic rings. The van der Waals surface area contributed by atoms with E-state index in [1.165, 1.54) is 0 Å². The zero-order chi connectivity index (χ0) is 14.3. The van der Waals surface area contributed by atoms with E-state index in [1.807, 2.05) is 35.0 Å². The Morgan fingerprint density at radius 1 is 1.42 bits per heavy atom. The fourth-order valence-corrected chi connectivity index (χ4v) is 2.46. The zero-order valence-corrected chi connectivity index (χ0v) is 14.4. The van der Waals surface area contributed by atoms with Gasteiger partial charge >= 0.3 is 0 Å². The summed E-state index contributed by atoms with van der Waals surface area (Å²) in [6.45, 7) is 0. The van der Waals surface area contributed by atoms with Crippen LogP contribution in [0.25, 0.3) is 0 Å². The molecule has 1 unspecified atom stereocenters. The van der Waals surface area contributed by atoms with Gasteiger partial charge in [-0.05, 0) is 24.1 Å². The van der Waals surface area contributed by atoms with Crippen molar-refractivity contribution >= 4 is 57.6 Å². The van der Waals surface area contributed by atoms with E-state index in [9.17, 15) is 14.7 Å². The van der Waals surface area contributed by atoms with Crippen LogP contribution in [0.2, 0.25) is 0 Å². The molecule has 0 aliphatic heterocycles. The van der Waals surface area contributed by atoms with E-state index in [2.05, 4.69) is 28.0 Å². The maximum absolute atomic E-state index is 11.5. The lowest BCUT2D eigenvalue weighted by atomic mass is 10.1. The molecule has 1 aromatic carbocycles. The van der Waals surface area contributed by atoms with Crippen molar-refractivity contribution in [2.24, 2.45) is 0 Å². The molecule has 0 saturated carbocycles. The number of carbonyl (C=O) groups is 2. The standard InChI is InChI=1S/C12H14I2N2O3/c13-11(8-9-3-5-10(18)6-4-9)16(14)15-12(19)2-1-7-17/h3-7,11,18H,1-2,8H2,(H,15,19). The number of phenolic OH excluding ortho intramolecular Hbond substituents is 1. The molecule has 1 amide bonds. The first-order valence-corrected chi connectivity index (χ1v) is 7.84. The number of nitrogens with zero attached hydrogens (tertiary/aromatic N) is 1. The number of rotatable bonds is 7. The van der Waals surface area contributed by atoms with Crippen LogP contribution in [0.5, 0.6) is 5.75 Å². The Kier molecular flexibility index (Phi) is 7.61. The summed E-state index contributed by atoms with van der Waals surface area (Å²) in [6, 6.07) is 6.97. The molecule has 0 aromatic heterocycles. The van der Waals surface area contributed by atoms with Gasteiger partial charge in [0.2, 0.25) is 5.91 Å². The summed E-state index contributed by atoms with van der Waals surface area (Å²) in [5.41, 5.74) is 3.78. The molecule has 0 bridgehead atoms. The van der Waals surface area contributed by atoms with Gasteiger partial charge in [0, 0.05) is 35.7 Å². The molecule has 0 spiro atoms. The largest absolute Gasteiger partial charge is 0.508 e. The number of alkyl halides is 1. The number of hydrogen-bond donors (Lipinski definition) is 2. The number of hydrazine groups is 1. The van der Waals surface area contributed by atoms with Crippen LogP contribution in [0.3, 0.4) is 0 Å². The zero-order valence-electron chi connectivity index (χ0n) is 10.1. The summed E-state index contributed by atoms with van der Waals surface area (Å²) in [7, 11) is 0. The van der Waals surface area contributed by atoms with E-state index in [1.54, 1.807) is 15.4 Å². The van der Waals surface area contributed by atoms with Crippen LogP contribution in [0.15, 0.2) is 24.3 Å². The third-order valence-electron chi connectivity index (χ3n) is 2.31. The SMILES string of the molecule is O=CCCC(=O)NN(I)C(I)Cc1ccc(O)cc1. The van der Waals surface area contributed by atoms with Gasteiger partial charge in [-0.1, -0.05) is 34.7 Å². The summed E-state index contributed by atoms with van der Waals surface area (Å²) in [5, 5.41) is 9.20. The smallest absolute Gasteiger partial charge is 0.235 e. The molecular weight excluding hydrogens is 474 g/mol. The topological polar surface area (TPSA) is 69.6 Å². The molecule has 0 heterocycles. The number of phenols is 1. The van der Waals surface area contributed by atoms with Crippen molar-refractivity contribution in [2.45, 2.75) is 23.3 Å². The van der Waals surface area contributed by atoms with Crippen LogP contribution in [0.4, 0.5) is 0 Å². The van der Waals surface area contributed by atoms with Crippen molar-refractivity contribution < 1.29 is 14.7 Å². The molecule has 0 radical (unpaired) electrons. The Hall–Kier alpha value is -0.420. The Labute approximate surface area is 139 Å². The predicted molar refractivity (Wildman–Crippen MR) is 88.9 cm³/mol. The summed E-state index contributed by atoms with van der Waals surface area (Å²) in [5.74, 6) is 0.0659. The predicted octanol–water partition coefficient (Wildman–Crippen LogP) is 2.36. The highest BCUT2D eigenvalue weighted by Crippen LogP contribution is 2.18. The summed E-state index contributed by atoms with van der Waals surface area (Å²) < 4.78 is 1.76. The van der Waals surface area contributed by atoms with Crippen LogP contribution in [0.1, 0.15) is 18.4 Å². The summed E-state index contributed by atoms with van der Waals surface area (Å²) >= 11 is 4.25. The average molecular weight is 488 g/mol. The summed E-state index contributed by atoms with van der Waals surface area (Å²) in [4.78, 5) is 21.6. The van der Waals surface area contributed by atoms with Gasteiger partial charge in [-0.3, -0.25) is 10.2 Å². The maximum Gasteiger partial charge on any atom is 0.235 e. The molecule has 0 saturated heterocycles. The van der Waals surface area contributed by atoms with E-state index in [0.717, 1.165) is 18.3 Å². The highest BCUT2D eigenvalue weighted by atomic mass is 127. The lowest BCUT2D eigenvalue weighted by molar-refractivity contribution is -0.124. The van der Waals surface area contributed by atoms with E-state index in [0.29, 0.717) is 0 Å². The van der Waals surface area contributed by atoms with Crippen LogP contribution in [-0.4, -0.2) is 24.6 Å². The van der Waals surface area contributed by atoms with Crippen molar-refractivity contribution in [3.8, 4) is 5.75 Å². The molecule has 7 heteroatoms. The normalized spacial score (nSPS) is 12.2. The van der Waals surface area contributed by atoms with Gasteiger partial charge in [0.1, 0.15) is 12.0 Å². The van der Waals surface area contributed by atoms with Gasteiger partial charge < -0.3 is 9.90 Å². The van der Waals surface area contributed by atoms with Crippen molar-refractivity contribution in [3.05, 3.63) is 29.8 Å². The second-order valence-electron chi connectivity index (χ2n) is 3.86. The van der Waals surface area contributed by atoms with Crippen molar-refractivity contribution in [1.29, 1.82) is 0 Å². The van der Waals surface area contributed by atoms with Gasteiger partial charge in [0.05, 0.1) is 4.05 Å². The van der Waals surface area contributed by atoms with Gasteiger partial charge in [-0.15, -0.1) is 3.22 Å². The van der Waals surface area contributed by atoms with E-state index in [-0.39, 0.29) is 28.5 Å². The van der Waals surface area contributed by atoms with Gasteiger partial charge in [-0.2, -0.15) is 0 Å². The van der Waals surface area contributed by atoms with E-state index >= 15 is 0 Å². The van der Waals surface area contributed by atoms with Crippen molar-refractivity contribution in [2.75, 3.05) is 0 Å². The Bertz CT molecular complexity index is 425. The van der Waals surface area contributed by atoms with Gasteiger partial charge in [-0.25, -0.2) is 0 Å². The number of aromatic hydroxyl groups is 1. The van der Waals surface area contributed by atoms with Crippen LogP contribution >= 0.6 is 45.5 Å². The number of carbonyl (C=O) groups excluding carboxylic acids is 2. The number of nitrogens with one attached hydrogen (secondary N) is 1. The lowest BCUT2D eigenvalue weighted by Crippen LogP contribution is -2.39. The molecule has 1 rings (SSSR count). The van der Waals surface area contributed by atoms with Gasteiger partial charge in [0.25, 0.3) is 0 Å². The Balaban J connectivity index is 2.43. The average Bonchev–Trinajstić information content (AvgIpc) is 2.39. The van der Waals surface area contributed by atoms with Crippen molar-refractivity contribution in [3.63, 3.8) is 0 Å². The second kappa shape index (κ2) is 8.69. The first-order valence-electron chi connectivity index (χ1n) is 5.63. The molecule has 104 valence electrons. The number of hydrogen-bond acceptors (Lipinski definition) is 4. The third kappa shape index (κ3) is 6.52. The number of amides is 1. The molecule has 1 atom stereocenters. The number of halogens is 2. The highest BCUT2D eigenvalue weighted by molar-refractivity contribution is 14.1. The molecule has 1 aromatic rings. The van der Waals surface area contributed by atoms with E-state index in [4.69, 9.17) is 0 Å². The minimum absolute atomic E-state index is 0.0722. The fourth-order valence-electron chi connectivity index (χ4n) is 1.34. The first-order chi connectivity index (χ1) is 9.02. The number of aldehydes is 1. The second-order valence-corrected chi connectivity index (χ2v) is 6.33. The van der Waals surface area contributed by atoms with E-state index < -0.39 is 0 Å².